The molecule has 0 aliphatic rings. The van der Waals surface area contributed by atoms with Crippen LogP contribution in [0.3, 0.4) is 0 Å². The summed E-state index contributed by atoms with van der Waals surface area (Å²) >= 11 is 3.38. The maximum Gasteiger partial charge on any atom is 0.0175 e. The molecule has 0 fully saturated rings. The highest BCUT2D eigenvalue weighted by molar-refractivity contribution is 9.10. The van der Waals surface area contributed by atoms with Gasteiger partial charge < -0.3 is 5.73 Å². The molecule has 3 heteroatoms. The lowest BCUT2D eigenvalue weighted by Crippen LogP contribution is -2.01. The molecular formula is C9H12BrClN. The first-order valence-electron chi connectivity index (χ1n) is 3.59. The van der Waals surface area contributed by atoms with E-state index in [-0.39, 0.29) is 12.4 Å². The molecule has 0 atom stereocenters. The summed E-state index contributed by atoms with van der Waals surface area (Å²) in [6.45, 7) is 0.649. The van der Waals surface area contributed by atoms with Crippen LogP contribution in [0.15, 0.2) is 28.7 Å². The van der Waals surface area contributed by atoms with Crippen LogP contribution in [-0.4, -0.2) is 6.54 Å². The van der Waals surface area contributed by atoms with Gasteiger partial charge >= 0.3 is 0 Å². The Bertz CT molecular complexity index is 210. The van der Waals surface area contributed by atoms with Gasteiger partial charge in [0, 0.05) is 4.47 Å². The molecule has 1 radical (unpaired) electrons. The second kappa shape index (κ2) is 6.46. The Morgan fingerprint density at radius 2 is 1.83 bits per heavy atom. The first-order chi connectivity index (χ1) is 5.33. The predicted molar refractivity (Wildman–Crippen MR) is 58.4 cm³/mol. The van der Waals surface area contributed by atoms with Crippen LogP contribution in [0.1, 0.15) is 5.56 Å². The van der Waals surface area contributed by atoms with Gasteiger partial charge in [-0.2, -0.15) is 0 Å². The Morgan fingerprint density at radius 3 is 2.33 bits per heavy atom. The Hall–Kier alpha value is -0.0500. The van der Waals surface area contributed by atoms with E-state index in [1.165, 1.54) is 5.56 Å². The molecule has 0 aliphatic carbocycles. The topological polar surface area (TPSA) is 26.0 Å². The third-order valence-corrected chi connectivity index (χ3v) is 1.99. The van der Waals surface area contributed by atoms with Gasteiger partial charge in [0.2, 0.25) is 0 Å². The fraction of sp³-hybridized carbons (Fsp3) is 0.222. The SMILES string of the molecule is Cl.NC[CH]Cc1ccc(Br)cc1. The molecule has 0 heterocycles. The van der Waals surface area contributed by atoms with E-state index >= 15 is 0 Å². The first kappa shape index (κ1) is 11.9. The molecular weight excluding hydrogens is 237 g/mol. The van der Waals surface area contributed by atoms with Gasteiger partial charge in [-0.25, -0.2) is 0 Å². The third kappa shape index (κ3) is 4.10. The largest absolute Gasteiger partial charge is 0.330 e. The lowest BCUT2D eigenvalue weighted by molar-refractivity contribution is 1.03. The van der Waals surface area contributed by atoms with Gasteiger partial charge in [0.25, 0.3) is 0 Å². The molecule has 0 spiro atoms. The highest BCUT2D eigenvalue weighted by Crippen LogP contribution is 2.11. The van der Waals surface area contributed by atoms with Crippen molar-refractivity contribution in [3.63, 3.8) is 0 Å². The molecule has 0 saturated heterocycles. The molecule has 0 unspecified atom stereocenters. The van der Waals surface area contributed by atoms with Crippen molar-refractivity contribution in [2.75, 3.05) is 6.54 Å². The van der Waals surface area contributed by atoms with Crippen LogP contribution < -0.4 is 5.73 Å². The van der Waals surface area contributed by atoms with E-state index in [2.05, 4.69) is 34.5 Å². The van der Waals surface area contributed by atoms with Crippen molar-refractivity contribution >= 4 is 28.3 Å². The van der Waals surface area contributed by atoms with E-state index in [9.17, 15) is 0 Å². The van der Waals surface area contributed by atoms with Crippen LogP contribution in [0, 0.1) is 6.42 Å². The summed E-state index contributed by atoms with van der Waals surface area (Å²) in [5.74, 6) is 0. The number of benzene rings is 1. The number of hydrogen-bond donors (Lipinski definition) is 1. The predicted octanol–water partition coefficient (Wildman–Crippen LogP) is 2.58. The molecule has 0 aromatic heterocycles. The molecule has 12 heavy (non-hydrogen) atoms. The summed E-state index contributed by atoms with van der Waals surface area (Å²) in [6.07, 6.45) is 3.02. The average Bonchev–Trinajstić information content (AvgIpc) is 2.04. The lowest BCUT2D eigenvalue weighted by atomic mass is 10.1. The fourth-order valence-corrected chi connectivity index (χ4v) is 1.13. The van der Waals surface area contributed by atoms with Gasteiger partial charge in [0.1, 0.15) is 0 Å². The monoisotopic (exact) mass is 248 g/mol. The second-order valence-corrected chi connectivity index (χ2v) is 3.27. The van der Waals surface area contributed by atoms with Crippen LogP contribution in [0.25, 0.3) is 0 Å². The minimum absolute atomic E-state index is 0. The van der Waals surface area contributed by atoms with Crippen molar-refractivity contribution in [2.45, 2.75) is 6.42 Å². The molecule has 2 N–H and O–H groups in total. The summed E-state index contributed by atoms with van der Waals surface area (Å²) in [5.41, 5.74) is 6.65. The normalized spacial score (nSPS) is 9.17. The smallest absolute Gasteiger partial charge is 0.0175 e. The standard InChI is InChI=1S/C9H11BrN.ClH/c10-9-5-3-8(4-6-9)2-1-7-11;/h1,3-6H,2,7,11H2;1H. The van der Waals surface area contributed by atoms with Gasteiger partial charge in [-0.15, -0.1) is 12.4 Å². The van der Waals surface area contributed by atoms with E-state index in [0.717, 1.165) is 10.9 Å². The molecule has 1 aromatic rings. The van der Waals surface area contributed by atoms with Crippen molar-refractivity contribution in [3.8, 4) is 0 Å². The highest BCUT2D eigenvalue weighted by atomic mass is 79.9. The van der Waals surface area contributed by atoms with Crippen LogP contribution in [-0.2, 0) is 6.42 Å². The number of nitrogens with two attached hydrogens (primary N) is 1. The molecule has 1 nitrogen and oxygen atoms in total. The Balaban J connectivity index is 0.00000121. The van der Waals surface area contributed by atoms with Crippen molar-refractivity contribution in [3.05, 3.63) is 40.7 Å². The maximum absolute atomic E-state index is 5.34. The zero-order valence-corrected chi connectivity index (χ0v) is 9.07. The van der Waals surface area contributed by atoms with Crippen molar-refractivity contribution in [2.24, 2.45) is 5.73 Å². The van der Waals surface area contributed by atoms with Crippen LogP contribution in [0.4, 0.5) is 0 Å². The Kier molecular flexibility index (Phi) is 6.44. The zero-order valence-electron chi connectivity index (χ0n) is 6.66. The van der Waals surface area contributed by atoms with Crippen molar-refractivity contribution in [1.82, 2.24) is 0 Å². The quantitative estimate of drug-likeness (QED) is 0.875. The van der Waals surface area contributed by atoms with Crippen LogP contribution in [0.2, 0.25) is 0 Å². The van der Waals surface area contributed by atoms with Crippen molar-refractivity contribution in [1.29, 1.82) is 0 Å². The Morgan fingerprint density at radius 1 is 1.25 bits per heavy atom. The minimum Gasteiger partial charge on any atom is -0.330 e. The summed E-state index contributed by atoms with van der Waals surface area (Å²) < 4.78 is 1.12. The first-order valence-corrected chi connectivity index (χ1v) is 4.38. The van der Waals surface area contributed by atoms with E-state index < -0.39 is 0 Å². The number of halogens is 2. The summed E-state index contributed by atoms with van der Waals surface area (Å²) in [7, 11) is 0. The molecule has 0 bridgehead atoms. The van der Waals surface area contributed by atoms with Gasteiger partial charge in [-0.3, -0.25) is 0 Å². The van der Waals surface area contributed by atoms with E-state index in [4.69, 9.17) is 5.73 Å². The molecule has 1 aromatic carbocycles. The molecule has 67 valence electrons. The van der Waals surface area contributed by atoms with Gasteiger partial charge in [-0.1, -0.05) is 28.1 Å². The average molecular weight is 250 g/mol. The fourth-order valence-electron chi connectivity index (χ4n) is 0.870. The molecule has 1 rings (SSSR count). The van der Waals surface area contributed by atoms with Gasteiger partial charge in [0.15, 0.2) is 0 Å². The second-order valence-electron chi connectivity index (χ2n) is 2.35. The number of rotatable bonds is 3. The Labute approximate surface area is 87.9 Å². The van der Waals surface area contributed by atoms with Gasteiger partial charge in [-0.05, 0) is 37.1 Å². The lowest BCUT2D eigenvalue weighted by Gasteiger charge is -1.98. The number of hydrogen-bond acceptors (Lipinski definition) is 1. The molecule has 0 aliphatic heterocycles. The van der Waals surface area contributed by atoms with Crippen LogP contribution in [0.5, 0.6) is 0 Å². The highest BCUT2D eigenvalue weighted by Gasteiger charge is 1.91. The van der Waals surface area contributed by atoms with Crippen LogP contribution >= 0.6 is 28.3 Å². The van der Waals surface area contributed by atoms with E-state index in [1.54, 1.807) is 0 Å². The molecule has 0 saturated carbocycles. The van der Waals surface area contributed by atoms with Gasteiger partial charge in [0.05, 0.1) is 0 Å². The zero-order chi connectivity index (χ0) is 8.10. The summed E-state index contributed by atoms with van der Waals surface area (Å²) in [5, 5.41) is 0. The maximum atomic E-state index is 5.34. The molecule has 0 amide bonds. The third-order valence-electron chi connectivity index (χ3n) is 1.46. The minimum atomic E-state index is 0. The van der Waals surface area contributed by atoms with Crippen molar-refractivity contribution < 1.29 is 0 Å². The summed E-state index contributed by atoms with van der Waals surface area (Å²) in [6, 6.07) is 8.27. The van der Waals surface area contributed by atoms with E-state index in [0.29, 0.717) is 6.54 Å². The van der Waals surface area contributed by atoms with E-state index in [1.807, 2.05) is 12.1 Å². The summed E-state index contributed by atoms with van der Waals surface area (Å²) in [4.78, 5) is 0.